The maximum Gasteiger partial charge on any atom is 1.00 e. The summed E-state index contributed by atoms with van der Waals surface area (Å²) < 4.78 is 49.0. The maximum atomic E-state index is 13.3. The number of carbonyl (C=O) groups is 1. The molecule has 1 aliphatic rings. The molecule has 1 unspecified atom stereocenters. The average Bonchev–Trinajstić information content (AvgIpc) is 3.19. The fraction of sp³-hybridized carbons (Fsp3) is 0.796. The summed E-state index contributed by atoms with van der Waals surface area (Å²) in [4.78, 5) is 26.5. The van der Waals surface area contributed by atoms with Crippen LogP contribution in [0.2, 0.25) is 36.3 Å². The molecule has 0 heterocycles. The Labute approximate surface area is 436 Å². The van der Waals surface area contributed by atoms with Crippen LogP contribution < -0.4 is 34.5 Å². The molecule has 67 heavy (non-hydrogen) atoms. The van der Waals surface area contributed by atoms with Gasteiger partial charge < -0.3 is 32.3 Å². The molecule has 0 saturated heterocycles. The zero-order chi connectivity index (χ0) is 50.1. The summed E-state index contributed by atoms with van der Waals surface area (Å²) in [6.07, 6.45) is 31.2. The third-order valence-corrected chi connectivity index (χ3v) is 23.9. The molecule has 0 saturated carbocycles. The van der Waals surface area contributed by atoms with E-state index in [-0.39, 0.29) is 64.9 Å². The van der Waals surface area contributed by atoms with Crippen LogP contribution in [0.4, 0.5) is 0 Å². The predicted octanol–water partition coefficient (Wildman–Crippen LogP) is 12.8. The van der Waals surface area contributed by atoms with E-state index < -0.39 is 49.2 Å². The molecule has 0 aromatic carbocycles. The molecule has 3 atom stereocenters. The number of ether oxygens (including phenoxy) is 2. The van der Waals surface area contributed by atoms with Gasteiger partial charge in [-0.15, -0.1) is 0 Å². The monoisotopic (exact) mass is 1000 g/mol. The van der Waals surface area contributed by atoms with Crippen molar-refractivity contribution in [3.63, 3.8) is 0 Å². The topological polar surface area (TPSA) is 113 Å². The van der Waals surface area contributed by atoms with E-state index in [2.05, 4.69) is 115 Å². The standard InChI is InChI=1S/C54H101O9PSi2.Na/c1-17-18-19-20-21-22-23-24-25-26-27-28-29-30-39-58-41-48(62-51(55)40-46(3)34-31-33-45(2)36-37-50-47(4)35-32-38-54(50,11)12)42-59-64(56,57)60-43-49(63-66(15,16)53(8,9)10)44-61-65(13,14)52(5,6)7;/h31,33-34,36-37,40,48-49H,17-30,32,35,38-39,41-44H2,1-16H3,(H,56,57);/q;+1/p-1/b34-31+,37-36+,45-33+,46-40+;/t48-,49-;/m1./s1. The molecule has 0 fully saturated rings. The molecular formula is C54H100NaO9PSi2. The summed E-state index contributed by atoms with van der Waals surface area (Å²) in [6, 6.07) is 0. The molecule has 0 radical (unpaired) electrons. The smallest absolute Gasteiger partial charge is 0.756 e. The molecule has 0 amide bonds. The van der Waals surface area contributed by atoms with Crippen LogP contribution in [0.1, 0.15) is 192 Å². The number of esters is 1. The minimum absolute atomic E-state index is 0. The SMILES string of the molecule is CCCCCCCCCCCCCCCCOC[C@H](COP(=O)([O-])OC[C@H](CO[Si](C)(C)C(C)(C)C)O[Si](C)(C)C(C)(C)C)OC(=O)/C=C(C)/C=C/C=C(C)/C=C/C1=C(C)CCCC1(C)C.[Na+]. The van der Waals surface area contributed by atoms with E-state index in [1.165, 1.54) is 101 Å². The summed E-state index contributed by atoms with van der Waals surface area (Å²) in [5.41, 5.74) is 4.84. The minimum Gasteiger partial charge on any atom is -0.756 e. The molecule has 0 spiro atoms. The number of phosphoric ester groups is 1. The molecular weight excluding hydrogens is 903 g/mol. The minimum atomic E-state index is -4.85. The van der Waals surface area contributed by atoms with Crippen LogP contribution >= 0.6 is 7.82 Å². The van der Waals surface area contributed by atoms with Crippen molar-refractivity contribution in [3.05, 3.63) is 58.7 Å². The quantitative estimate of drug-likeness (QED) is 0.0155. The summed E-state index contributed by atoms with van der Waals surface area (Å²) in [7, 11) is -9.33. The second kappa shape index (κ2) is 33.3. The first-order valence-electron chi connectivity index (χ1n) is 25.7. The zero-order valence-electron chi connectivity index (χ0n) is 46.3. The van der Waals surface area contributed by atoms with Gasteiger partial charge in [0.1, 0.15) is 6.10 Å². The average molecular weight is 1000 g/mol. The maximum absolute atomic E-state index is 13.3. The van der Waals surface area contributed by atoms with Crippen LogP contribution in [0, 0.1) is 5.41 Å². The first-order valence-corrected chi connectivity index (χ1v) is 33.0. The van der Waals surface area contributed by atoms with Crippen molar-refractivity contribution in [1.29, 1.82) is 0 Å². The zero-order valence-corrected chi connectivity index (χ0v) is 51.2. The number of carbonyl (C=O) groups excluding carboxylic acids is 1. The fourth-order valence-corrected chi connectivity index (χ4v) is 10.5. The third-order valence-electron chi connectivity index (χ3n) is 13.9. The van der Waals surface area contributed by atoms with Gasteiger partial charge in [-0.25, -0.2) is 4.79 Å². The number of unbranched alkanes of at least 4 members (excludes halogenated alkanes) is 13. The summed E-state index contributed by atoms with van der Waals surface area (Å²) >= 11 is 0. The van der Waals surface area contributed by atoms with Gasteiger partial charge in [0, 0.05) is 12.7 Å². The summed E-state index contributed by atoms with van der Waals surface area (Å²) in [6.45, 7) is 34.4. The van der Waals surface area contributed by atoms with Crippen molar-refractivity contribution >= 4 is 30.4 Å². The molecule has 0 N–H and O–H groups in total. The van der Waals surface area contributed by atoms with Gasteiger partial charge in [0.05, 0.1) is 32.5 Å². The number of phosphoric acid groups is 1. The normalized spacial score (nSPS) is 17.5. The van der Waals surface area contributed by atoms with Crippen LogP contribution in [0.15, 0.2) is 58.7 Å². The van der Waals surface area contributed by atoms with Crippen LogP contribution in [0.25, 0.3) is 0 Å². The van der Waals surface area contributed by atoms with Gasteiger partial charge in [-0.3, -0.25) is 4.57 Å². The van der Waals surface area contributed by atoms with Crippen molar-refractivity contribution in [2.75, 3.05) is 33.0 Å². The second-order valence-electron chi connectivity index (χ2n) is 22.8. The first-order chi connectivity index (χ1) is 30.6. The van der Waals surface area contributed by atoms with E-state index in [4.69, 9.17) is 27.4 Å². The molecule has 9 nitrogen and oxygen atoms in total. The molecule has 0 aromatic heterocycles. The fourth-order valence-electron chi connectivity index (χ4n) is 7.41. The Kier molecular flexibility index (Phi) is 33.1. The molecule has 1 aliphatic carbocycles. The number of allylic oxidation sites excluding steroid dienone is 9. The van der Waals surface area contributed by atoms with Gasteiger partial charge in [0.15, 0.2) is 16.6 Å². The van der Waals surface area contributed by atoms with Crippen molar-refractivity contribution in [2.24, 2.45) is 5.41 Å². The molecule has 0 bridgehead atoms. The van der Waals surface area contributed by atoms with Crippen LogP contribution in [-0.4, -0.2) is 67.8 Å². The molecule has 0 aliphatic heterocycles. The van der Waals surface area contributed by atoms with Crippen LogP contribution in [-0.2, 0) is 36.7 Å². The van der Waals surface area contributed by atoms with E-state index in [0.29, 0.717) is 12.2 Å². The van der Waals surface area contributed by atoms with E-state index in [0.717, 1.165) is 31.3 Å². The third kappa shape index (κ3) is 29.6. The van der Waals surface area contributed by atoms with Gasteiger partial charge in [0.25, 0.3) is 7.82 Å². The van der Waals surface area contributed by atoms with Crippen molar-refractivity contribution in [3.8, 4) is 0 Å². The second-order valence-corrected chi connectivity index (χ2v) is 33.7. The molecule has 0 aromatic rings. The van der Waals surface area contributed by atoms with Crippen molar-refractivity contribution in [2.45, 2.75) is 241 Å². The van der Waals surface area contributed by atoms with E-state index >= 15 is 0 Å². The number of hydrogen-bond acceptors (Lipinski definition) is 9. The Hall–Kier alpha value is -0.406. The van der Waals surface area contributed by atoms with Gasteiger partial charge >= 0.3 is 35.5 Å². The van der Waals surface area contributed by atoms with Crippen molar-refractivity contribution in [1.82, 2.24) is 0 Å². The first kappa shape index (κ1) is 66.6. The Bertz CT molecular complexity index is 1600. The predicted molar refractivity (Wildman–Crippen MR) is 282 cm³/mol. The van der Waals surface area contributed by atoms with E-state index in [1.54, 1.807) is 0 Å². The Morgan fingerprint density at radius 2 is 1.25 bits per heavy atom. The van der Waals surface area contributed by atoms with Gasteiger partial charge in [-0.1, -0.05) is 187 Å². The molecule has 384 valence electrons. The summed E-state index contributed by atoms with van der Waals surface area (Å²) in [5.74, 6) is -0.611. The largest absolute Gasteiger partial charge is 1.00 e. The van der Waals surface area contributed by atoms with Gasteiger partial charge in [0.2, 0.25) is 0 Å². The Balaban J connectivity index is 0.0000436. The molecule has 1 rings (SSSR count). The summed E-state index contributed by atoms with van der Waals surface area (Å²) in [5, 5.41) is -0.142. The van der Waals surface area contributed by atoms with Crippen LogP contribution in [0.5, 0.6) is 0 Å². The number of hydrogen-bond donors (Lipinski definition) is 0. The van der Waals surface area contributed by atoms with Crippen LogP contribution in [0.3, 0.4) is 0 Å². The van der Waals surface area contributed by atoms with E-state index in [1.807, 2.05) is 25.2 Å². The van der Waals surface area contributed by atoms with E-state index in [9.17, 15) is 14.3 Å². The Morgan fingerprint density at radius 3 is 1.76 bits per heavy atom. The molecule has 13 heteroatoms. The van der Waals surface area contributed by atoms with Gasteiger partial charge in [-0.05, 0) is 99.3 Å². The number of rotatable bonds is 34. The Morgan fingerprint density at radius 1 is 0.746 bits per heavy atom. The van der Waals surface area contributed by atoms with Crippen molar-refractivity contribution < 1.29 is 71.2 Å². The van der Waals surface area contributed by atoms with Gasteiger partial charge in [-0.2, -0.15) is 0 Å².